The summed E-state index contributed by atoms with van der Waals surface area (Å²) >= 11 is 0. The van der Waals surface area contributed by atoms with Crippen LogP contribution in [0, 0.1) is 5.92 Å². The molecule has 0 aliphatic rings. The Hall–Kier alpha value is -2.45. The summed E-state index contributed by atoms with van der Waals surface area (Å²) in [5.41, 5.74) is 4.62. The second-order valence-electron chi connectivity index (χ2n) is 7.27. The van der Waals surface area contributed by atoms with E-state index >= 15 is 0 Å². The molecule has 0 atom stereocenters. The molecule has 1 rings (SSSR count). The summed E-state index contributed by atoms with van der Waals surface area (Å²) in [4.78, 5) is 36.0. The van der Waals surface area contributed by atoms with Crippen LogP contribution < -0.4 is 27.6 Å². The number of rotatable bonds is 6. The molecule has 142 valence electrons. The van der Waals surface area contributed by atoms with Crippen molar-refractivity contribution in [2.75, 3.05) is 24.1 Å². The Morgan fingerprint density at radius 2 is 1.84 bits per heavy atom. The molecule has 0 radical (unpaired) electrons. The van der Waals surface area contributed by atoms with Gasteiger partial charge in [-0.2, -0.15) is 0 Å². The third-order valence-electron chi connectivity index (χ3n) is 3.23. The van der Waals surface area contributed by atoms with Crippen LogP contribution >= 0.6 is 0 Å². The SMILES string of the molecule is CC(C)Cn1c(N)c(NCCNC(=O)OC(C)(C)C)c(=O)n(C)c1=O. The Labute approximate surface area is 147 Å². The van der Waals surface area contributed by atoms with Crippen molar-refractivity contribution in [2.24, 2.45) is 13.0 Å². The van der Waals surface area contributed by atoms with E-state index in [0.29, 0.717) is 6.54 Å². The summed E-state index contributed by atoms with van der Waals surface area (Å²) in [6.45, 7) is 10.1. The number of nitrogens with zero attached hydrogens (tertiary/aromatic N) is 2. The fraction of sp³-hybridized carbons (Fsp3) is 0.688. The topological polar surface area (TPSA) is 120 Å². The molecule has 9 nitrogen and oxygen atoms in total. The van der Waals surface area contributed by atoms with Crippen LogP contribution in [-0.4, -0.2) is 33.9 Å². The first-order chi connectivity index (χ1) is 11.4. The quantitative estimate of drug-likeness (QED) is 0.647. The Morgan fingerprint density at radius 3 is 2.36 bits per heavy atom. The van der Waals surface area contributed by atoms with Gasteiger partial charge in [-0.05, 0) is 26.7 Å². The van der Waals surface area contributed by atoms with Gasteiger partial charge in [-0.25, -0.2) is 9.59 Å². The van der Waals surface area contributed by atoms with Gasteiger partial charge in [-0.15, -0.1) is 0 Å². The number of ether oxygens (including phenoxy) is 1. The number of amides is 1. The molecule has 1 heterocycles. The summed E-state index contributed by atoms with van der Waals surface area (Å²) in [7, 11) is 1.41. The molecule has 1 aromatic heterocycles. The molecule has 0 aliphatic carbocycles. The molecule has 4 N–H and O–H groups in total. The van der Waals surface area contributed by atoms with Crippen LogP contribution in [0.2, 0.25) is 0 Å². The maximum absolute atomic E-state index is 12.3. The van der Waals surface area contributed by atoms with Crippen LogP contribution in [-0.2, 0) is 18.3 Å². The van der Waals surface area contributed by atoms with Crippen LogP contribution in [0.15, 0.2) is 9.59 Å². The number of carbonyl (C=O) groups is 1. The van der Waals surface area contributed by atoms with Crippen LogP contribution in [0.4, 0.5) is 16.3 Å². The van der Waals surface area contributed by atoms with Crippen molar-refractivity contribution >= 4 is 17.6 Å². The highest BCUT2D eigenvalue weighted by molar-refractivity contribution is 5.67. The average molecular weight is 355 g/mol. The molecule has 0 bridgehead atoms. The van der Waals surface area contributed by atoms with Gasteiger partial charge in [-0.3, -0.25) is 13.9 Å². The molecule has 0 saturated heterocycles. The number of hydrogen-bond donors (Lipinski definition) is 3. The molecule has 0 fully saturated rings. The second kappa shape index (κ2) is 8.09. The molecule has 0 spiro atoms. The smallest absolute Gasteiger partial charge is 0.407 e. The molecule has 0 saturated carbocycles. The summed E-state index contributed by atoms with van der Waals surface area (Å²) in [6, 6.07) is 0. The lowest BCUT2D eigenvalue weighted by Crippen LogP contribution is -2.42. The Balaban J connectivity index is 2.83. The van der Waals surface area contributed by atoms with E-state index in [1.54, 1.807) is 20.8 Å². The van der Waals surface area contributed by atoms with Gasteiger partial charge in [0.15, 0.2) is 0 Å². The lowest BCUT2D eigenvalue weighted by molar-refractivity contribution is 0.0530. The minimum atomic E-state index is -0.579. The zero-order valence-corrected chi connectivity index (χ0v) is 15.8. The number of nitrogens with two attached hydrogens (primary N) is 1. The van der Waals surface area contributed by atoms with Crippen molar-refractivity contribution in [3.63, 3.8) is 0 Å². The predicted octanol–water partition coefficient (Wildman–Crippen LogP) is 0.722. The Kier molecular flexibility index (Phi) is 6.66. The number of aromatic nitrogens is 2. The highest BCUT2D eigenvalue weighted by Gasteiger charge is 2.17. The van der Waals surface area contributed by atoms with Crippen molar-refractivity contribution in [2.45, 2.75) is 46.8 Å². The third kappa shape index (κ3) is 5.84. The first kappa shape index (κ1) is 20.6. The number of anilines is 2. The summed E-state index contributed by atoms with van der Waals surface area (Å²) < 4.78 is 7.51. The van der Waals surface area contributed by atoms with Gasteiger partial charge in [0.25, 0.3) is 5.56 Å². The third-order valence-corrected chi connectivity index (χ3v) is 3.23. The Bertz CT molecular complexity index is 728. The molecule has 0 aliphatic heterocycles. The minimum Gasteiger partial charge on any atom is -0.444 e. The Morgan fingerprint density at radius 1 is 1.24 bits per heavy atom. The molecule has 0 unspecified atom stereocenters. The van der Waals surface area contributed by atoms with Gasteiger partial charge in [0, 0.05) is 26.7 Å². The molecular formula is C16H29N5O4. The number of hydrogen-bond acceptors (Lipinski definition) is 6. The molecular weight excluding hydrogens is 326 g/mol. The lowest BCUT2D eigenvalue weighted by Gasteiger charge is -2.20. The first-order valence-corrected chi connectivity index (χ1v) is 8.24. The van der Waals surface area contributed by atoms with Crippen LogP contribution in [0.5, 0.6) is 0 Å². The standard InChI is InChI=1S/C16H29N5O4/c1-10(2)9-21-12(17)11(13(22)20(6)15(21)24)18-7-8-19-14(23)25-16(3,4)5/h10,18H,7-9,17H2,1-6H3,(H,19,23). The lowest BCUT2D eigenvalue weighted by atomic mass is 10.2. The normalized spacial score (nSPS) is 11.5. The maximum atomic E-state index is 12.3. The molecule has 1 aromatic rings. The number of carbonyl (C=O) groups excluding carboxylic acids is 1. The summed E-state index contributed by atoms with van der Waals surface area (Å²) in [6.07, 6.45) is -0.542. The van der Waals surface area contributed by atoms with Gasteiger partial charge in [0.2, 0.25) is 0 Å². The van der Waals surface area contributed by atoms with E-state index in [-0.39, 0.29) is 30.5 Å². The molecule has 0 aromatic carbocycles. The van der Waals surface area contributed by atoms with Gasteiger partial charge >= 0.3 is 11.8 Å². The zero-order valence-electron chi connectivity index (χ0n) is 15.8. The van der Waals surface area contributed by atoms with Crippen molar-refractivity contribution in [3.8, 4) is 0 Å². The van der Waals surface area contributed by atoms with E-state index in [1.807, 2.05) is 13.8 Å². The van der Waals surface area contributed by atoms with Gasteiger partial charge < -0.3 is 21.1 Å². The average Bonchev–Trinajstić information content (AvgIpc) is 2.46. The van der Waals surface area contributed by atoms with Crippen LogP contribution in [0.3, 0.4) is 0 Å². The van der Waals surface area contributed by atoms with Crippen LogP contribution in [0.25, 0.3) is 0 Å². The number of nitrogens with one attached hydrogen (secondary N) is 2. The van der Waals surface area contributed by atoms with E-state index < -0.39 is 22.9 Å². The van der Waals surface area contributed by atoms with Crippen molar-refractivity contribution in [1.29, 1.82) is 0 Å². The largest absolute Gasteiger partial charge is 0.444 e. The van der Waals surface area contributed by atoms with Crippen LogP contribution in [0.1, 0.15) is 34.6 Å². The van der Waals surface area contributed by atoms with Crippen molar-refractivity contribution in [1.82, 2.24) is 14.5 Å². The zero-order chi connectivity index (χ0) is 19.4. The van der Waals surface area contributed by atoms with Crippen molar-refractivity contribution < 1.29 is 9.53 Å². The van der Waals surface area contributed by atoms with E-state index in [0.717, 1.165) is 4.57 Å². The van der Waals surface area contributed by atoms with E-state index in [1.165, 1.54) is 11.6 Å². The predicted molar refractivity (Wildman–Crippen MR) is 97.9 cm³/mol. The molecule has 25 heavy (non-hydrogen) atoms. The van der Waals surface area contributed by atoms with E-state index in [2.05, 4.69) is 10.6 Å². The first-order valence-electron chi connectivity index (χ1n) is 8.24. The fourth-order valence-corrected chi connectivity index (χ4v) is 2.16. The van der Waals surface area contributed by atoms with E-state index in [9.17, 15) is 14.4 Å². The van der Waals surface area contributed by atoms with E-state index in [4.69, 9.17) is 10.5 Å². The summed E-state index contributed by atoms with van der Waals surface area (Å²) in [5.74, 6) is 0.290. The fourth-order valence-electron chi connectivity index (χ4n) is 2.16. The van der Waals surface area contributed by atoms with Gasteiger partial charge in [0.05, 0.1) is 0 Å². The monoisotopic (exact) mass is 355 g/mol. The number of nitrogen functional groups attached to an aromatic ring is 1. The van der Waals surface area contributed by atoms with Crippen molar-refractivity contribution in [3.05, 3.63) is 20.8 Å². The number of alkyl carbamates (subject to hydrolysis) is 1. The van der Waals surface area contributed by atoms with Gasteiger partial charge in [-0.1, -0.05) is 13.8 Å². The summed E-state index contributed by atoms with van der Waals surface area (Å²) in [5, 5.41) is 5.47. The minimum absolute atomic E-state index is 0.0964. The molecule has 1 amide bonds. The highest BCUT2D eigenvalue weighted by atomic mass is 16.6. The molecule has 9 heteroatoms. The second-order valence-corrected chi connectivity index (χ2v) is 7.27. The maximum Gasteiger partial charge on any atom is 0.407 e. The van der Waals surface area contributed by atoms with Gasteiger partial charge in [0.1, 0.15) is 17.1 Å². The highest BCUT2D eigenvalue weighted by Crippen LogP contribution is 2.12.